The van der Waals surface area contributed by atoms with Crippen LogP contribution < -0.4 is 0 Å². The van der Waals surface area contributed by atoms with E-state index in [9.17, 15) is 0 Å². The van der Waals surface area contributed by atoms with Gasteiger partial charge in [-0.3, -0.25) is 0 Å². The first-order chi connectivity index (χ1) is 11.4. The third-order valence-electron chi connectivity index (χ3n) is 4.59. The van der Waals surface area contributed by atoms with E-state index in [4.69, 9.17) is 14.2 Å². The van der Waals surface area contributed by atoms with Crippen molar-refractivity contribution in [2.24, 2.45) is 5.41 Å². The van der Waals surface area contributed by atoms with Crippen LogP contribution in [0.5, 0.6) is 0 Å². The van der Waals surface area contributed by atoms with Crippen molar-refractivity contribution in [1.82, 2.24) is 0 Å². The van der Waals surface area contributed by atoms with Gasteiger partial charge in [0.1, 0.15) is 8.07 Å². The van der Waals surface area contributed by atoms with Crippen molar-refractivity contribution >= 4 is 8.07 Å². The highest BCUT2D eigenvalue weighted by molar-refractivity contribution is 6.83. The quantitative estimate of drug-likeness (QED) is 0.603. The molecule has 3 saturated heterocycles. The van der Waals surface area contributed by atoms with Gasteiger partial charge in [0.15, 0.2) is 0 Å². The normalized spacial score (nSPS) is 29.2. The zero-order valence-electron chi connectivity index (χ0n) is 15.3. The Labute approximate surface area is 146 Å². The Kier molecular flexibility index (Phi) is 4.90. The van der Waals surface area contributed by atoms with Crippen LogP contribution in [0.25, 0.3) is 0 Å². The number of hydrogen-bond donors (Lipinski definition) is 0. The summed E-state index contributed by atoms with van der Waals surface area (Å²) >= 11 is 0. The summed E-state index contributed by atoms with van der Waals surface area (Å²) in [5.74, 6) is 2.26. The van der Waals surface area contributed by atoms with Gasteiger partial charge in [-0.05, 0) is 30.7 Å². The Morgan fingerprint density at radius 1 is 1.00 bits per heavy atom. The van der Waals surface area contributed by atoms with Crippen LogP contribution in [0.1, 0.15) is 37.3 Å². The summed E-state index contributed by atoms with van der Waals surface area (Å²) in [5.41, 5.74) is 5.38. The molecule has 0 unspecified atom stereocenters. The molecular formula is C20H28O3Si. The van der Waals surface area contributed by atoms with Crippen molar-refractivity contribution in [3.63, 3.8) is 0 Å². The maximum Gasteiger partial charge on any atom is 0.312 e. The van der Waals surface area contributed by atoms with E-state index < -0.39 is 14.0 Å². The minimum absolute atomic E-state index is 0.0422. The van der Waals surface area contributed by atoms with Gasteiger partial charge in [-0.2, -0.15) is 0 Å². The van der Waals surface area contributed by atoms with E-state index in [1.165, 1.54) is 12.8 Å². The van der Waals surface area contributed by atoms with E-state index in [1.54, 1.807) is 0 Å². The lowest BCUT2D eigenvalue weighted by Gasteiger charge is -2.52. The highest BCUT2D eigenvalue weighted by Crippen LogP contribution is 2.46. The number of unbranched alkanes of at least 4 members (excludes halogenated alkanes) is 1. The van der Waals surface area contributed by atoms with Crippen molar-refractivity contribution < 1.29 is 14.2 Å². The largest absolute Gasteiger partial charge is 0.323 e. The Balaban J connectivity index is 1.71. The minimum Gasteiger partial charge on any atom is -0.323 e. The molecule has 3 heterocycles. The molecule has 1 aromatic carbocycles. The van der Waals surface area contributed by atoms with Gasteiger partial charge in [0.05, 0.1) is 19.8 Å². The fourth-order valence-electron chi connectivity index (χ4n) is 3.03. The first-order valence-corrected chi connectivity index (χ1v) is 12.4. The summed E-state index contributed by atoms with van der Waals surface area (Å²) in [4.78, 5) is 0. The Hall–Kier alpha value is -1.12. The first kappa shape index (κ1) is 17.7. The molecule has 0 saturated carbocycles. The molecule has 3 aliphatic heterocycles. The SMILES string of the molecule is CCCCC12COC(c3ccc(C#C[Si](C)(C)C)cc3)(OC1)OC2. The van der Waals surface area contributed by atoms with Crippen LogP contribution in [0.2, 0.25) is 19.6 Å². The van der Waals surface area contributed by atoms with Crippen LogP contribution in [0, 0.1) is 16.9 Å². The van der Waals surface area contributed by atoms with E-state index in [-0.39, 0.29) is 5.41 Å². The molecule has 2 bridgehead atoms. The molecule has 3 aliphatic rings. The molecule has 1 aromatic rings. The van der Waals surface area contributed by atoms with Gasteiger partial charge < -0.3 is 14.2 Å². The number of fused-ring (bicyclic) bond motifs is 3. The molecule has 3 nitrogen and oxygen atoms in total. The van der Waals surface area contributed by atoms with Crippen molar-refractivity contribution in [2.75, 3.05) is 19.8 Å². The number of rotatable bonds is 4. The van der Waals surface area contributed by atoms with Crippen LogP contribution in [0.3, 0.4) is 0 Å². The summed E-state index contributed by atoms with van der Waals surface area (Å²) in [6.07, 6.45) is 3.48. The monoisotopic (exact) mass is 344 g/mol. The number of ether oxygens (including phenoxy) is 3. The molecular weight excluding hydrogens is 316 g/mol. The lowest BCUT2D eigenvalue weighted by Crippen LogP contribution is -2.58. The van der Waals surface area contributed by atoms with Crippen LogP contribution in [0.15, 0.2) is 24.3 Å². The third kappa shape index (κ3) is 3.75. The Bertz CT molecular complexity index is 609. The van der Waals surface area contributed by atoms with E-state index in [0.29, 0.717) is 19.8 Å². The molecule has 4 rings (SSSR count). The van der Waals surface area contributed by atoms with Crippen LogP contribution in [-0.2, 0) is 20.2 Å². The third-order valence-corrected chi connectivity index (χ3v) is 5.46. The van der Waals surface area contributed by atoms with Gasteiger partial charge in [-0.15, -0.1) is 5.54 Å². The number of hydrogen-bond acceptors (Lipinski definition) is 3. The predicted molar refractivity (Wildman–Crippen MR) is 98.2 cm³/mol. The molecule has 3 fully saturated rings. The molecule has 0 spiro atoms. The van der Waals surface area contributed by atoms with Crippen molar-refractivity contribution in [3.8, 4) is 11.5 Å². The van der Waals surface area contributed by atoms with E-state index in [2.05, 4.69) is 38.0 Å². The molecule has 0 atom stereocenters. The van der Waals surface area contributed by atoms with Crippen molar-refractivity contribution in [1.29, 1.82) is 0 Å². The Morgan fingerprint density at radius 3 is 2.08 bits per heavy atom. The summed E-state index contributed by atoms with van der Waals surface area (Å²) < 4.78 is 18.1. The Morgan fingerprint density at radius 2 is 1.58 bits per heavy atom. The zero-order chi connectivity index (χ0) is 17.3. The molecule has 0 aromatic heterocycles. The fourth-order valence-corrected chi connectivity index (χ4v) is 3.55. The topological polar surface area (TPSA) is 27.7 Å². The van der Waals surface area contributed by atoms with Gasteiger partial charge in [0.2, 0.25) is 0 Å². The summed E-state index contributed by atoms with van der Waals surface area (Å²) in [6.45, 7) is 11.1. The van der Waals surface area contributed by atoms with E-state index in [1.807, 2.05) is 24.3 Å². The van der Waals surface area contributed by atoms with Gasteiger partial charge in [-0.25, -0.2) is 0 Å². The first-order valence-electron chi connectivity index (χ1n) is 8.92. The number of benzene rings is 1. The second-order valence-electron chi connectivity index (χ2n) is 8.10. The summed E-state index contributed by atoms with van der Waals surface area (Å²) in [6, 6.07) is 8.08. The standard InChI is InChI=1S/C20H28O3Si/c1-5-6-12-19-14-21-20(22-15-19,23-16-19)18-9-7-17(8-10-18)11-13-24(2,3)4/h7-10H,5-6,12,14-16H2,1-4H3. The average molecular weight is 345 g/mol. The second kappa shape index (κ2) is 6.65. The van der Waals surface area contributed by atoms with Crippen molar-refractivity contribution in [2.45, 2.75) is 51.8 Å². The molecule has 0 radical (unpaired) electrons. The summed E-state index contributed by atoms with van der Waals surface area (Å²) in [5, 5.41) is 0. The van der Waals surface area contributed by atoms with Gasteiger partial charge in [-0.1, -0.05) is 45.3 Å². The van der Waals surface area contributed by atoms with Gasteiger partial charge in [0.25, 0.3) is 0 Å². The van der Waals surface area contributed by atoms with Crippen molar-refractivity contribution in [3.05, 3.63) is 35.4 Å². The van der Waals surface area contributed by atoms with E-state index >= 15 is 0 Å². The average Bonchev–Trinajstić information content (AvgIpc) is 2.60. The lowest BCUT2D eigenvalue weighted by atomic mass is 9.83. The molecule has 0 N–H and O–H groups in total. The molecule has 4 heteroatoms. The molecule has 130 valence electrons. The second-order valence-corrected chi connectivity index (χ2v) is 12.9. The molecule has 24 heavy (non-hydrogen) atoms. The minimum atomic E-state index is -1.36. The fraction of sp³-hybridized carbons (Fsp3) is 0.600. The van der Waals surface area contributed by atoms with Crippen LogP contribution in [0.4, 0.5) is 0 Å². The maximum atomic E-state index is 6.03. The maximum absolute atomic E-state index is 6.03. The zero-order valence-corrected chi connectivity index (χ0v) is 16.3. The smallest absolute Gasteiger partial charge is 0.312 e. The highest BCUT2D eigenvalue weighted by Gasteiger charge is 2.53. The van der Waals surface area contributed by atoms with Crippen LogP contribution >= 0.6 is 0 Å². The van der Waals surface area contributed by atoms with Crippen LogP contribution in [-0.4, -0.2) is 27.9 Å². The van der Waals surface area contributed by atoms with E-state index in [0.717, 1.165) is 17.5 Å². The molecule has 0 aliphatic carbocycles. The molecule has 0 amide bonds. The summed E-state index contributed by atoms with van der Waals surface area (Å²) in [7, 11) is -1.36. The highest BCUT2D eigenvalue weighted by atomic mass is 28.3. The predicted octanol–water partition coefficient (Wildman–Crippen LogP) is 4.28. The van der Waals surface area contributed by atoms with Gasteiger partial charge >= 0.3 is 5.97 Å². The van der Waals surface area contributed by atoms with Gasteiger partial charge in [0, 0.05) is 16.5 Å². The lowest BCUT2D eigenvalue weighted by molar-refractivity contribution is -0.480.